The molecule has 3 amide bonds. The van der Waals surface area contributed by atoms with Crippen LogP contribution in [0.3, 0.4) is 0 Å². The van der Waals surface area contributed by atoms with Gasteiger partial charge in [0.25, 0.3) is 15.9 Å². The quantitative estimate of drug-likeness (QED) is 0.475. The number of hydrogen-bond acceptors (Lipinski definition) is 5. The number of rotatable bonds is 9. The lowest BCUT2D eigenvalue weighted by Crippen LogP contribution is -2.53. The Hall–Kier alpha value is -2.62. The summed E-state index contributed by atoms with van der Waals surface area (Å²) in [6.07, 6.45) is 0.409. The number of nitrogens with zero attached hydrogens (tertiary/aromatic N) is 2. The molecule has 2 aromatic carbocycles. The Morgan fingerprint density at radius 2 is 1.76 bits per heavy atom. The molecule has 1 aliphatic rings. The molecule has 1 atom stereocenters. The number of halogens is 2. The van der Waals surface area contributed by atoms with Crippen LogP contribution in [0.1, 0.15) is 62.9 Å². The van der Waals surface area contributed by atoms with Gasteiger partial charge in [-0.05, 0) is 63.4 Å². The van der Waals surface area contributed by atoms with Crippen molar-refractivity contribution in [3.05, 3.63) is 63.6 Å². The van der Waals surface area contributed by atoms with Crippen molar-refractivity contribution in [2.75, 3.05) is 6.54 Å². The van der Waals surface area contributed by atoms with Crippen LogP contribution in [0.15, 0.2) is 47.4 Å². The molecule has 1 N–H and O–H groups in total. The summed E-state index contributed by atoms with van der Waals surface area (Å²) in [5.74, 6) is -1.24. The molecule has 0 saturated heterocycles. The number of sulfonamides is 1. The Morgan fingerprint density at radius 1 is 1.08 bits per heavy atom. The van der Waals surface area contributed by atoms with E-state index < -0.39 is 27.5 Å². The number of hydrogen-bond donors (Lipinski definition) is 1. The molecule has 0 fully saturated rings. The van der Waals surface area contributed by atoms with Gasteiger partial charge in [0, 0.05) is 25.0 Å². The zero-order valence-electron chi connectivity index (χ0n) is 21.3. The van der Waals surface area contributed by atoms with Crippen molar-refractivity contribution >= 4 is 50.9 Å². The van der Waals surface area contributed by atoms with Gasteiger partial charge in [0.1, 0.15) is 10.9 Å². The Bertz CT molecular complexity index is 1310. The number of benzene rings is 2. The minimum absolute atomic E-state index is 0.0301. The van der Waals surface area contributed by atoms with E-state index >= 15 is 0 Å². The van der Waals surface area contributed by atoms with E-state index in [1.54, 1.807) is 30.3 Å². The average Bonchev–Trinajstić information content (AvgIpc) is 3.00. The monoisotopic (exact) mass is 567 g/mol. The second kappa shape index (κ2) is 11.4. The van der Waals surface area contributed by atoms with Crippen LogP contribution < -0.4 is 5.32 Å². The van der Waals surface area contributed by atoms with Gasteiger partial charge < -0.3 is 10.2 Å². The fourth-order valence-electron chi connectivity index (χ4n) is 4.18. The van der Waals surface area contributed by atoms with E-state index in [0.717, 1.165) is 4.31 Å². The van der Waals surface area contributed by atoms with E-state index in [0.29, 0.717) is 22.0 Å². The van der Waals surface area contributed by atoms with Gasteiger partial charge in [-0.2, -0.15) is 0 Å². The van der Waals surface area contributed by atoms with E-state index in [2.05, 4.69) is 5.32 Å². The summed E-state index contributed by atoms with van der Waals surface area (Å²) in [5, 5.41) is 3.63. The fraction of sp³-hybridized carbons (Fsp3) is 0.423. The highest BCUT2D eigenvalue weighted by atomic mass is 35.5. The topological polar surface area (TPSA) is 104 Å². The summed E-state index contributed by atoms with van der Waals surface area (Å²) < 4.78 is 26.4. The molecule has 0 spiro atoms. The Labute approximate surface area is 228 Å². The Morgan fingerprint density at radius 3 is 2.35 bits per heavy atom. The summed E-state index contributed by atoms with van der Waals surface area (Å²) in [5.41, 5.74) is 0.319. The predicted octanol–water partition coefficient (Wildman–Crippen LogP) is 4.64. The molecule has 1 aliphatic heterocycles. The third kappa shape index (κ3) is 6.64. The molecule has 11 heteroatoms. The van der Waals surface area contributed by atoms with Crippen molar-refractivity contribution in [1.82, 2.24) is 14.5 Å². The highest BCUT2D eigenvalue weighted by molar-refractivity contribution is 7.90. The molecule has 0 bridgehead atoms. The number of carbonyl (C=O) groups is 3. The van der Waals surface area contributed by atoms with Gasteiger partial charge in [-0.1, -0.05) is 48.3 Å². The molecule has 8 nitrogen and oxygen atoms in total. The summed E-state index contributed by atoms with van der Waals surface area (Å²) in [4.78, 5) is 40.7. The first-order valence-electron chi connectivity index (χ1n) is 12.0. The van der Waals surface area contributed by atoms with Crippen LogP contribution in [0.2, 0.25) is 10.0 Å². The predicted molar refractivity (Wildman–Crippen MR) is 143 cm³/mol. The van der Waals surface area contributed by atoms with E-state index in [1.165, 1.54) is 17.0 Å². The number of amides is 3. The molecule has 37 heavy (non-hydrogen) atoms. The molecule has 0 radical (unpaired) electrons. The maximum absolute atomic E-state index is 13.4. The summed E-state index contributed by atoms with van der Waals surface area (Å²) in [6.45, 7) is 7.34. The second-order valence-corrected chi connectivity index (χ2v) is 12.6. The number of carbonyl (C=O) groups excluding carboxylic acids is 3. The van der Waals surface area contributed by atoms with E-state index in [1.807, 2.05) is 27.7 Å². The number of fused-ring (bicyclic) bond motifs is 1. The lowest BCUT2D eigenvalue weighted by atomic mass is 10.0. The maximum atomic E-state index is 13.4. The molecule has 0 aromatic heterocycles. The second-order valence-electron chi connectivity index (χ2n) is 9.92. The number of nitrogens with one attached hydrogen (secondary N) is 1. The van der Waals surface area contributed by atoms with Crippen molar-refractivity contribution < 1.29 is 22.8 Å². The first-order chi connectivity index (χ1) is 17.3. The zero-order chi connectivity index (χ0) is 27.5. The highest BCUT2D eigenvalue weighted by Gasteiger charge is 2.40. The standard InChI is InChI=1S/C26H31Cl2N3O5S/c1-5-21(24(33)29-26(2,3)4)30(16-17-12-13-19(27)20(28)15-17)23(32)11-8-14-31-25(34)18-9-6-7-10-22(18)37(31,35)36/h6-7,9-10,12-13,15,21H,5,8,11,14,16H2,1-4H3,(H,29,33)/t21-/m1/s1. The lowest BCUT2D eigenvalue weighted by molar-refractivity contribution is -0.142. The maximum Gasteiger partial charge on any atom is 0.269 e. The van der Waals surface area contributed by atoms with Crippen molar-refractivity contribution in [2.24, 2.45) is 0 Å². The molecule has 1 heterocycles. The highest BCUT2D eigenvalue weighted by Crippen LogP contribution is 2.30. The van der Waals surface area contributed by atoms with Gasteiger partial charge in [0.15, 0.2) is 0 Å². The minimum Gasteiger partial charge on any atom is -0.350 e. The minimum atomic E-state index is -3.96. The van der Waals surface area contributed by atoms with Gasteiger partial charge in [-0.15, -0.1) is 0 Å². The molecule has 0 aliphatic carbocycles. The van der Waals surface area contributed by atoms with Crippen molar-refractivity contribution in [3.8, 4) is 0 Å². The molecule has 0 unspecified atom stereocenters. The Balaban J connectivity index is 1.78. The van der Waals surface area contributed by atoms with Crippen LogP contribution in [0.25, 0.3) is 0 Å². The molecule has 3 rings (SSSR count). The van der Waals surface area contributed by atoms with Crippen molar-refractivity contribution in [2.45, 2.75) is 70.0 Å². The van der Waals surface area contributed by atoms with Crippen LogP contribution in [0.4, 0.5) is 0 Å². The van der Waals surface area contributed by atoms with Crippen LogP contribution in [0, 0.1) is 0 Å². The summed E-state index contributed by atoms with van der Waals surface area (Å²) in [7, 11) is -3.96. The van der Waals surface area contributed by atoms with Crippen LogP contribution in [-0.2, 0) is 26.2 Å². The van der Waals surface area contributed by atoms with Gasteiger partial charge in [-0.25, -0.2) is 12.7 Å². The Kier molecular flexibility index (Phi) is 8.93. The molecular weight excluding hydrogens is 537 g/mol. The van der Waals surface area contributed by atoms with Crippen LogP contribution in [0.5, 0.6) is 0 Å². The van der Waals surface area contributed by atoms with Crippen molar-refractivity contribution in [3.63, 3.8) is 0 Å². The van der Waals surface area contributed by atoms with E-state index in [-0.39, 0.29) is 48.2 Å². The van der Waals surface area contributed by atoms with Gasteiger partial charge >= 0.3 is 0 Å². The van der Waals surface area contributed by atoms with Gasteiger partial charge in [0.05, 0.1) is 15.6 Å². The third-order valence-electron chi connectivity index (χ3n) is 5.88. The van der Waals surface area contributed by atoms with Gasteiger partial charge in [0.2, 0.25) is 11.8 Å². The average molecular weight is 569 g/mol. The third-order valence-corrected chi connectivity index (χ3v) is 8.46. The fourth-order valence-corrected chi connectivity index (χ4v) is 6.10. The van der Waals surface area contributed by atoms with Crippen molar-refractivity contribution in [1.29, 1.82) is 0 Å². The van der Waals surface area contributed by atoms with Crippen LogP contribution >= 0.6 is 23.2 Å². The normalized spacial score (nSPS) is 15.3. The van der Waals surface area contributed by atoms with Gasteiger partial charge in [-0.3, -0.25) is 14.4 Å². The largest absolute Gasteiger partial charge is 0.350 e. The first-order valence-corrected chi connectivity index (χ1v) is 14.2. The summed E-state index contributed by atoms with van der Waals surface area (Å²) >= 11 is 12.2. The molecular formula is C26H31Cl2N3O5S. The first kappa shape index (κ1) is 28.9. The zero-order valence-corrected chi connectivity index (χ0v) is 23.6. The molecule has 0 saturated carbocycles. The lowest BCUT2D eigenvalue weighted by Gasteiger charge is -2.33. The van der Waals surface area contributed by atoms with Crippen LogP contribution in [-0.4, -0.2) is 53.5 Å². The molecule has 200 valence electrons. The smallest absolute Gasteiger partial charge is 0.269 e. The summed E-state index contributed by atoms with van der Waals surface area (Å²) in [6, 6.07) is 10.3. The SMILES string of the molecule is CC[C@H](C(=O)NC(C)(C)C)N(Cc1ccc(Cl)c(Cl)c1)C(=O)CCCN1C(=O)c2ccccc2S1(=O)=O. The molecule has 2 aromatic rings. The van der Waals surface area contributed by atoms with E-state index in [9.17, 15) is 22.8 Å². The van der Waals surface area contributed by atoms with E-state index in [4.69, 9.17) is 23.2 Å².